The number of halogens is 2. The largest absolute Gasteiger partial charge is 0.478 e. The highest BCUT2D eigenvalue weighted by atomic mass is 32.2. The van der Waals surface area contributed by atoms with E-state index < -0.39 is 62.5 Å². The molecule has 54 heavy (non-hydrogen) atoms. The molecule has 0 unspecified atom stereocenters. The number of benzene rings is 4. The minimum Gasteiger partial charge on any atom is -0.478 e. The molecule has 2 amide bonds. The summed E-state index contributed by atoms with van der Waals surface area (Å²) >= 11 is 0. The van der Waals surface area contributed by atoms with Crippen LogP contribution < -0.4 is 19.2 Å². The van der Waals surface area contributed by atoms with Gasteiger partial charge in [0.15, 0.2) is 0 Å². The molecule has 4 N–H and O–H groups in total. The van der Waals surface area contributed by atoms with Gasteiger partial charge in [-0.15, -0.1) is 0 Å². The molecule has 2 heterocycles. The highest BCUT2D eigenvalue weighted by Gasteiger charge is 2.24. The lowest BCUT2D eigenvalue weighted by Crippen LogP contribution is -2.22. The smallest absolute Gasteiger partial charge is 0.337 e. The van der Waals surface area contributed by atoms with Crippen molar-refractivity contribution in [2.45, 2.75) is 0 Å². The summed E-state index contributed by atoms with van der Waals surface area (Å²) in [7, 11) is -6.95. The molecule has 0 fully saturated rings. The van der Waals surface area contributed by atoms with E-state index >= 15 is 0 Å². The fourth-order valence-electron chi connectivity index (χ4n) is 5.19. The molecule has 6 rings (SSSR count). The van der Waals surface area contributed by atoms with Gasteiger partial charge in [-0.05, 0) is 84.9 Å². The fraction of sp³-hybridized carbons (Fsp3) is 0. The number of nitrogens with one attached hydrogen (secondary N) is 2. The van der Waals surface area contributed by atoms with Crippen LogP contribution in [0.3, 0.4) is 0 Å². The van der Waals surface area contributed by atoms with E-state index in [1.165, 1.54) is 82.4 Å². The molecule has 17 nitrogen and oxygen atoms in total. The van der Waals surface area contributed by atoms with Crippen molar-refractivity contribution in [1.82, 2.24) is 19.6 Å². The summed E-state index contributed by atoms with van der Waals surface area (Å²) in [6, 6.07) is 16.0. The average molecular weight is 779 g/mol. The number of carboxylic acids is 2. The zero-order chi connectivity index (χ0) is 38.7. The molecule has 0 spiro atoms. The lowest BCUT2D eigenvalue weighted by molar-refractivity contribution is 0.0687. The summed E-state index contributed by atoms with van der Waals surface area (Å²) in [4.78, 5) is 37.5. The van der Waals surface area contributed by atoms with Crippen LogP contribution in [0.5, 0.6) is 0 Å². The summed E-state index contributed by atoms with van der Waals surface area (Å²) in [5, 5.41) is 32.8. The SMILES string of the molecule is O=C(Nc1ccc(N(c2cnn(-c3ccc(F)cc3)c2)[SH](=O)=O)c(C(=O)O)c1)Nc1ccc(N(c2cnn(-c3ccc(F)cc3)c2)[SH](=O)=O)c(C(=O)O)c1. The lowest BCUT2D eigenvalue weighted by Gasteiger charge is -2.19. The van der Waals surface area contributed by atoms with E-state index in [2.05, 4.69) is 20.8 Å². The van der Waals surface area contributed by atoms with Gasteiger partial charge in [0.25, 0.3) is 0 Å². The molecule has 6 aromatic rings. The number of carboxylic acid groups (broad SMARTS) is 2. The third kappa shape index (κ3) is 7.85. The third-order valence-corrected chi connectivity index (χ3v) is 9.11. The molecule has 0 aliphatic rings. The van der Waals surface area contributed by atoms with E-state index in [1.54, 1.807) is 0 Å². The Morgan fingerprint density at radius 2 is 0.963 bits per heavy atom. The van der Waals surface area contributed by atoms with Crippen molar-refractivity contribution in [3.63, 3.8) is 0 Å². The Bertz CT molecular complexity index is 2380. The van der Waals surface area contributed by atoms with Gasteiger partial charge in [-0.2, -0.15) is 10.2 Å². The van der Waals surface area contributed by atoms with Crippen LogP contribution in [0, 0.1) is 11.6 Å². The molecular formula is C33H24F2N8O9S2. The normalized spacial score (nSPS) is 11.0. The van der Waals surface area contributed by atoms with Crippen molar-refractivity contribution in [3.8, 4) is 11.4 Å². The number of hydrogen-bond acceptors (Lipinski definition) is 9. The number of amides is 2. The molecule has 21 heteroatoms. The van der Waals surface area contributed by atoms with E-state index in [0.29, 0.717) is 20.0 Å². The minimum absolute atomic E-state index is 0.0455. The molecule has 0 aliphatic carbocycles. The summed E-state index contributed by atoms with van der Waals surface area (Å²) in [5.74, 6) is -4.10. The molecule has 0 saturated carbocycles. The first-order chi connectivity index (χ1) is 25.8. The number of hydrogen-bond donors (Lipinski definition) is 6. The summed E-state index contributed by atoms with van der Waals surface area (Å²) in [6.45, 7) is 0. The number of carbonyl (C=O) groups is 3. The second-order valence-electron chi connectivity index (χ2n) is 11.0. The van der Waals surface area contributed by atoms with E-state index in [9.17, 15) is 50.2 Å². The van der Waals surface area contributed by atoms with Gasteiger partial charge in [0.2, 0.25) is 21.8 Å². The van der Waals surface area contributed by atoms with Crippen LogP contribution in [0.1, 0.15) is 20.7 Å². The van der Waals surface area contributed by atoms with Crippen molar-refractivity contribution in [2.75, 3.05) is 19.2 Å². The van der Waals surface area contributed by atoms with Crippen LogP contribution in [-0.2, 0) is 21.8 Å². The summed E-state index contributed by atoms with van der Waals surface area (Å²) in [5.41, 5.74) is -1.16. The molecule has 0 radical (unpaired) electrons. The Hall–Kier alpha value is -7.13. The Labute approximate surface area is 306 Å². The number of nitrogens with zero attached hydrogens (tertiary/aromatic N) is 6. The van der Waals surface area contributed by atoms with E-state index in [0.717, 1.165) is 36.7 Å². The van der Waals surface area contributed by atoms with Crippen molar-refractivity contribution >= 4 is 73.9 Å². The molecule has 0 saturated heterocycles. The Morgan fingerprint density at radius 3 is 1.30 bits per heavy atom. The van der Waals surface area contributed by atoms with Crippen LogP contribution in [-0.4, -0.2) is 64.6 Å². The topological polar surface area (TPSA) is 226 Å². The predicted molar refractivity (Wildman–Crippen MR) is 191 cm³/mol. The average Bonchev–Trinajstić information content (AvgIpc) is 3.81. The van der Waals surface area contributed by atoms with Crippen LogP contribution >= 0.6 is 0 Å². The second-order valence-corrected chi connectivity index (χ2v) is 12.7. The first kappa shape index (κ1) is 36.7. The number of aromatic nitrogens is 4. The van der Waals surface area contributed by atoms with E-state index in [4.69, 9.17) is 0 Å². The van der Waals surface area contributed by atoms with Crippen LogP contribution in [0.4, 0.5) is 47.7 Å². The quantitative estimate of drug-likeness (QED) is 0.0934. The van der Waals surface area contributed by atoms with Crippen molar-refractivity contribution in [3.05, 3.63) is 132 Å². The highest BCUT2D eigenvalue weighted by molar-refractivity contribution is 7.74. The molecule has 0 bridgehead atoms. The maximum absolute atomic E-state index is 13.4. The number of anilines is 6. The highest BCUT2D eigenvalue weighted by Crippen LogP contribution is 2.33. The maximum Gasteiger partial charge on any atom is 0.337 e. The Morgan fingerprint density at radius 1 is 0.593 bits per heavy atom. The molecule has 276 valence electrons. The third-order valence-electron chi connectivity index (χ3n) is 7.56. The monoisotopic (exact) mass is 778 g/mol. The van der Waals surface area contributed by atoms with E-state index in [-0.39, 0.29) is 34.1 Å². The van der Waals surface area contributed by atoms with Crippen LogP contribution in [0.15, 0.2) is 110 Å². The first-order valence-corrected chi connectivity index (χ1v) is 17.4. The van der Waals surface area contributed by atoms with Gasteiger partial charge in [0, 0.05) is 11.4 Å². The van der Waals surface area contributed by atoms with Gasteiger partial charge in [-0.3, -0.25) is 0 Å². The molecule has 0 aliphatic heterocycles. The molecule has 0 atom stereocenters. The standard InChI is InChI=1S/C33H24F2N8O9S2/c34-19-1-7-23(8-2-19)40-17-25(15-36-40)42(53(49)50)29-11-5-21(13-27(29)31(44)45)38-33(48)39-22-6-12-30(28(14-22)32(46)47)43(54(51)52)26-16-37-41(18-26)24-9-3-20(35)4-10-24/h1-18,53-54H,(H,44,45)(H,46,47)(H2,38,39,48). The van der Waals surface area contributed by atoms with Crippen molar-refractivity contribution < 1.29 is 50.2 Å². The van der Waals surface area contributed by atoms with Crippen LogP contribution in [0.2, 0.25) is 0 Å². The molecule has 4 aromatic carbocycles. The number of rotatable bonds is 12. The van der Waals surface area contributed by atoms with Gasteiger partial charge in [0.1, 0.15) is 11.6 Å². The summed E-state index contributed by atoms with van der Waals surface area (Å²) in [6.07, 6.45) is 4.89. The minimum atomic E-state index is -3.47. The van der Waals surface area contributed by atoms with Gasteiger partial charge >= 0.3 is 18.0 Å². The second kappa shape index (κ2) is 15.2. The lowest BCUT2D eigenvalue weighted by atomic mass is 10.1. The number of thiol groups is 2. The van der Waals surface area contributed by atoms with Gasteiger partial charge in [0.05, 0.1) is 70.0 Å². The molecular weight excluding hydrogens is 755 g/mol. The summed E-state index contributed by atoms with van der Waals surface area (Å²) < 4.78 is 80.1. The van der Waals surface area contributed by atoms with E-state index in [1.807, 2.05) is 0 Å². The zero-order valence-electron chi connectivity index (χ0n) is 27.0. The maximum atomic E-state index is 13.4. The van der Waals surface area contributed by atoms with Gasteiger partial charge in [-0.1, -0.05) is 0 Å². The zero-order valence-corrected chi connectivity index (χ0v) is 28.8. The van der Waals surface area contributed by atoms with Crippen molar-refractivity contribution in [1.29, 1.82) is 0 Å². The Balaban J connectivity index is 1.22. The Kier molecular flexibility index (Phi) is 10.3. The van der Waals surface area contributed by atoms with Crippen LogP contribution in [0.25, 0.3) is 11.4 Å². The van der Waals surface area contributed by atoms with Gasteiger partial charge in [-0.25, -0.2) is 58.0 Å². The first-order valence-electron chi connectivity index (χ1n) is 15.1. The number of carbonyl (C=O) groups excluding carboxylic acids is 1. The predicted octanol–water partition coefficient (Wildman–Crippen LogP) is 4.71. The van der Waals surface area contributed by atoms with Gasteiger partial charge < -0.3 is 20.8 Å². The number of aromatic carboxylic acids is 2. The number of urea groups is 1. The fourth-order valence-corrected chi connectivity index (χ4v) is 6.48. The molecule has 2 aromatic heterocycles. The van der Waals surface area contributed by atoms with Crippen molar-refractivity contribution in [2.24, 2.45) is 0 Å².